The summed E-state index contributed by atoms with van der Waals surface area (Å²) >= 11 is 0. The van der Waals surface area contributed by atoms with Crippen LogP contribution in [0.15, 0.2) is 58.2 Å². The molecule has 0 saturated heterocycles. The predicted molar refractivity (Wildman–Crippen MR) is 84.1 cm³/mol. The van der Waals surface area contributed by atoms with E-state index in [4.69, 9.17) is 4.42 Å². The molecule has 3 aromatic rings. The average Bonchev–Trinajstić information content (AvgIpc) is 3.23. The molecule has 1 aromatic carbocycles. The van der Waals surface area contributed by atoms with Crippen molar-refractivity contribution in [2.75, 3.05) is 0 Å². The van der Waals surface area contributed by atoms with Crippen LogP contribution in [-0.2, 0) is 0 Å². The van der Waals surface area contributed by atoms with Gasteiger partial charge in [-0.3, -0.25) is 9.89 Å². The van der Waals surface area contributed by atoms with Crippen molar-refractivity contribution in [2.45, 2.75) is 6.92 Å². The fourth-order valence-electron chi connectivity index (χ4n) is 2.03. The van der Waals surface area contributed by atoms with E-state index >= 15 is 0 Å². The molecule has 3 rings (SSSR count). The molecule has 2 aromatic heterocycles. The smallest absolute Gasteiger partial charge is 0.291 e. The molecule has 0 unspecified atom stereocenters. The standard InChI is InChI=1S/C16H14N4O3/c1-10(11-5-2-3-6-14(11)21)17-20-16(22)13-9-12(18-19-13)15-7-4-8-23-15/h2-9,21H,1H3,(H,18,19)(H,20,22). The van der Waals surface area contributed by atoms with Gasteiger partial charge >= 0.3 is 0 Å². The van der Waals surface area contributed by atoms with Crippen LogP contribution >= 0.6 is 0 Å². The summed E-state index contributed by atoms with van der Waals surface area (Å²) < 4.78 is 5.22. The summed E-state index contributed by atoms with van der Waals surface area (Å²) in [6, 6.07) is 11.8. The van der Waals surface area contributed by atoms with Gasteiger partial charge < -0.3 is 9.52 Å². The van der Waals surface area contributed by atoms with E-state index in [-0.39, 0.29) is 11.4 Å². The number of hydrazone groups is 1. The lowest BCUT2D eigenvalue weighted by atomic mass is 10.1. The van der Waals surface area contributed by atoms with E-state index in [1.54, 1.807) is 49.4 Å². The molecule has 1 amide bonds. The number of furan rings is 1. The van der Waals surface area contributed by atoms with Gasteiger partial charge in [0.15, 0.2) is 11.5 Å². The minimum atomic E-state index is -0.464. The van der Waals surface area contributed by atoms with Crippen LogP contribution in [-0.4, -0.2) is 26.9 Å². The number of benzene rings is 1. The van der Waals surface area contributed by atoms with Crippen molar-refractivity contribution in [1.29, 1.82) is 0 Å². The highest BCUT2D eigenvalue weighted by Gasteiger charge is 2.12. The van der Waals surface area contributed by atoms with Crippen LogP contribution in [0.5, 0.6) is 5.75 Å². The van der Waals surface area contributed by atoms with E-state index in [0.717, 1.165) is 0 Å². The summed E-state index contributed by atoms with van der Waals surface area (Å²) in [5.41, 5.74) is 4.22. The number of nitrogens with zero attached hydrogens (tertiary/aromatic N) is 2. The Morgan fingerprint density at radius 1 is 1.30 bits per heavy atom. The molecule has 0 aliphatic rings. The van der Waals surface area contributed by atoms with Gasteiger partial charge in [-0.15, -0.1) is 0 Å². The average molecular weight is 310 g/mol. The molecule has 0 radical (unpaired) electrons. The third kappa shape index (κ3) is 3.13. The van der Waals surface area contributed by atoms with Crippen molar-refractivity contribution in [3.63, 3.8) is 0 Å². The first-order valence-corrected chi connectivity index (χ1v) is 6.87. The number of nitrogens with one attached hydrogen (secondary N) is 2. The number of amides is 1. The van der Waals surface area contributed by atoms with E-state index in [0.29, 0.717) is 22.7 Å². The Balaban J connectivity index is 1.72. The van der Waals surface area contributed by atoms with Crippen LogP contribution in [0.1, 0.15) is 23.0 Å². The summed E-state index contributed by atoms with van der Waals surface area (Å²) in [7, 11) is 0. The van der Waals surface area contributed by atoms with Crippen molar-refractivity contribution in [3.8, 4) is 17.2 Å². The monoisotopic (exact) mass is 310 g/mol. The van der Waals surface area contributed by atoms with Gasteiger partial charge in [0.05, 0.1) is 12.0 Å². The maximum atomic E-state index is 12.1. The largest absolute Gasteiger partial charge is 0.507 e. The number of aromatic nitrogens is 2. The van der Waals surface area contributed by atoms with Gasteiger partial charge in [-0.05, 0) is 31.2 Å². The Kier molecular flexibility index (Phi) is 3.92. The summed E-state index contributed by atoms with van der Waals surface area (Å²) in [5, 5.41) is 20.4. The second kappa shape index (κ2) is 6.18. The quantitative estimate of drug-likeness (QED) is 0.509. The predicted octanol–water partition coefficient (Wildman–Crippen LogP) is 2.53. The molecule has 23 heavy (non-hydrogen) atoms. The first-order chi connectivity index (χ1) is 11.1. The zero-order chi connectivity index (χ0) is 16.2. The third-order valence-electron chi connectivity index (χ3n) is 3.22. The molecule has 3 N–H and O–H groups in total. The Labute approximate surface area is 131 Å². The van der Waals surface area contributed by atoms with Crippen molar-refractivity contribution >= 4 is 11.6 Å². The van der Waals surface area contributed by atoms with Crippen molar-refractivity contribution < 1.29 is 14.3 Å². The molecule has 0 spiro atoms. The first-order valence-electron chi connectivity index (χ1n) is 6.87. The number of hydrogen-bond acceptors (Lipinski definition) is 5. The van der Waals surface area contributed by atoms with Gasteiger partial charge in [-0.25, -0.2) is 5.43 Å². The number of rotatable bonds is 4. The number of H-pyrrole nitrogens is 1. The van der Waals surface area contributed by atoms with Gasteiger partial charge in [0.25, 0.3) is 5.91 Å². The molecule has 2 heterocycles. The van der Waals surface area contributed by atoms with Gasteiger partial charge in [0.1, 0.15) is 11.4 Å². The minimum Gasteiger partial charge on any atom is -0.507 e. The number of hydrogen-bond donors (Lipinski definition) is 3. The third-order valence-corrected chi connectivity index (χ3v) is 3.22. The Morgan fingerprint density at radius 3 is 2.87 bits per heavy atom. The molecule has 7 nitrogen and oxygen atoms in total. The second-order valence-corrected chi connectivity index (χ2v) is 4.80. The van der Waals surface area contributed by atoms with E-state index in [2.05, 4.69) is 20.7 Å². The fraction of sp³-hybridized carbons (Fsp3) is 0.0625. The van der Waals surface area contributed by atoms with Crippen LogP contribution in [0.2, 0.25) is 0 Å². The SMILES string of the molecule is CC(=NNC(=O)c1cc(-c2ccco2)[nH]n1)c1ccccc1O. The zero-order valence-corrected chi connectivity index (χ0v) is 12.3. The number of carbonyl (C=O) groups excluding carboxylic acids is 1. The molecule has 0 bridgehead atoms. The van der Waals surface area contributed by atoms with Gasteiger partial charge in [0, 0.05) is 11.6 Å². The maximum Gasteiger partial charge on any atom is 0.291 e. The van der Waals surface area contributed by atoms with Crippen LogP contribution < -0.4 is 5.43 Å². The fourth-order valence-corrected chi connectivity index (χ4v) is 2.03. The van der Waals surface area contributed by atoms with E-state index in [1.165, 1.54) is 6.26 Å². The molecule has 116 valence electrons. The van der Waals surface area contributed by atoms with Gasteiger partial charge in [-0.1, -0.05) is 12.1 Å². The van der Waals surface area contributed by atoms with Gasteiger partial charge in [-0.2, -0.15) is 10.2 Å². The minimum absolute atomic E-state index is 0.0999. The Bertz CT molecular complexity index is 850. The molecule has 0 aliphatic heterocycles. The first kappa shape index (κ1) is 14.6. The number of carbonyl (C=O) groups is 1. The molecular formula is C16H14N4O3. The van der Waals surface area contributed by atoms with Crippen LogP contribution in [0.25, 0.3) is 11.5 Å². The van der Waals surface area contributed by atoms with Crippen molar-refractivity contribution in [3.05, 3.63) is 60.0 Å². The van der Waals surface area contributed by atoms with E-state index in [1.807, 2.05) is 0 Å². The highest BCUT2D eigenvalue weighted by atomic mass is 16.3. The summed E-state index contributed by atoms with van der Waals surface area (Å²) in [5.74, 6) is 0.224. The lowest BCUT2D eigenvalue weighted by molar-refractivity contribution is 0.0950. The summed E-state index contributed by atoms with van der Waals surface area (Å²) in [6.07, 6.45) is 1.54. The van der Waals surface area contributed by atoms with Crippen molar-refractivity contribution in [2.24, 2.45) is 5.10 Å². The van der Waals surface area contributed by atoms with Crippen LogP contribution in [0, 0.1) is 0 Å². The van der Waals surface area contributed by atoms with Crippen LogP contribution in [0.3, 0.4) is 0 Å². The summed E-state index contributed by atoms with van der Waals surface area (Å²) in [4.78, 5) is 12.1. The molecule has 0 fully saturated rings. The Hall–Kier alpha value is -3.35. The van der Waals surface area contributed by atoms with Gasteiger partial charge in [0.2, 0.25) is 0 Å². The number of phenolic OH excluding ortho intramolecular Hbond substituents is 1. The normalized spacial score (nSPS) is 11.4. The summed E-state index contributed by atoms with van der Waals surface area (Å²) in [6.45, 7) is 1.69. The number of para-hydroxylation sites is 1. The second-order valence-electron chi connectivity index (χ2n) is 4.80. The molecule has 0 saturated carbocycles. The highest BCUT2D eigenvalue weighted by Crippen LogP contribution is 2.18. The van der Waals surface area contributed by atoms with Crippen LogP contribution in [0.4, 0.5) is 0 Å². The number of aromatic hydroxyl groups is 1. The molecule has 0 aliphatic carbocycles. The number of aromatic amines is 1. The lowest BCUT2D eigenvalue weighted by Crippen LogP contribution is -2.19. The lowest BCUT2D eigenvalue weighted by Gasteiger charge is -2.03. The molecule has 0 atom stereocenters. The Morgan fingerprint density at radius 2 is 2.13 bits per heavy atom. The maximum absolute atomic E-state index is 12.1. The molecular weight excluding hydrogens is 296 g/mol. The van der Waals surface area contributed by atoms with E-state index < -0.39 is 5.91 Å². The van der Waals surface area contributed by atoms with E-state index in [9.17, 15) is 9.90 Å². The zero-order valence-electron chi connectivity index (χ0n) is 12.3. The number of phenols is 1. The topological polar surface area (TPSA) is 104 Å². The highest BCUT2D eigenvalue weighted by molar-refractivity contribution is 6.02. The molecule has 7 heteroatoms. The van der Waals surface area contributed by atoms with Crippen molar-refractivity contribution in [1.82, 2.24) is 15.6 Å².